The van der Waals surface area contributed by atoms with Crippen molar-refractivity contribution in [2.45, 2.75) is 25.8 Å². The maximum atomic E-state index is 11.9. The molecule has 1 atom stereocenters. The largest absolute Gasteiger partial charge is 0.383 e. The number of ether oxygens (including phenoxy) is 1. The van der Waals surface area contributed by atoms with E-state index in [1.807, 2.05) is 6.92 Å². The van der Waals surface area contributed by atoms with Crippen molar-refractivity contribution in [3.63, 3.8) is 0 Å². The summed E-state index contributed by atoms with van der Waals surface area (Å²) in [5, 5.41) is 3.33. The zero-order valence-electron chi connectivity index (χ0n) is 13.6. The Hall–Kier alpha value is -1.31. The van der Waals surface area contributed by atoms with Gasteiger partial charge in [-0.3, -0.25) is 9.10 Å². The fraction of sp³-hybridized carbons (Fsp3) is 0.533. The van der Waals surface area contributed by atoms with Gasteiger partial charge in [-0.15, -0.1) is 0 Å². The SMILES string of the molecule is COC[C@@H](C)NC(=O)CCCN(c1ccc(Cl)cc1)S(C)(=O)=O. The number of nitrogens with zero attached hydrogens (tertiary/aromatic N) is 1. The molecule has 1 N–H and O–H groups in total. The van der Waals surface area contributed by atoms with E-state index in [0.29, 0.717) is 23.7 Å². The first-order valence-corrected chi connectivity index (χ1v) is 9.48. The number of carbonyl (C=O) groups excluding carboxylic acids is 1. The number of sulfonamides is 1. The smallest absolute Gasteiger partial charge is 0.232 e. The van der Waals surface area contributed by atoms with E-state index in [4.69, 9.17) is 16.3 Å². The highest BCUT2D eigenvalue weighted by Crippen LogP contribution is 2.20. The van der Waals surface area contributed by atoms with E-state index in [1.165, 1.54) is 4.31 Å². The number of benzene rings is 1. The molecule has 0 aromatic heterocycles. The molecule has 6 nitrogen and oxygen atoms in total. The number of hydrogen-bond acceptors (Lipinski definition) is 4. The molecule has 0 aliphatic carbocycles. The molecule has 0 unspecified atom stereocenters. The van der Waals surface area contributed by atoms with Gasteiger partial charge in [-0.2, -0.15) is 0 Å². The molecular weight excluding hydrogens is 340 g/mol. The highest BCUT2D eigenvalue weighted by Gasteiger charge is 2.17. The lowest BCUT2D eigenvalue weighted by molar-refractivity contribution is -0.122. The quantitative estimate of drug-likeness (QED) is 0.729. The average Bonchev–Trinajstić information content (AvgIpc) is 2.44. The number of amides is 1. The van der Waals surface area contributed by atoms with Crippen molar-refractivity contribution in [2.24, 2.45) is 0 Å². The molecule has 1 rings (SSSR count). The molecule has 0 heterocycles. The Bertz CT molecular complexity index is 604. The third-order valence-electron chi connectivity index (χ3n) is 3.10. The molecule has 0 aliphatic rings. The van der Waals surface area contributed by atoms with Crippen LogP contribution < -0.4 is 9.62 Å². The van der Waals surface area contributed by atoms with Crippen LogP contribution in [0.4, 0.5) is 5.69 Å². The van der Waals surface area contributed by atoms with Crippen LogP contribution in [0.1, 0.15) is 19.8 Å². The lowest BCUT2D eigenvalue weighted by Gasteiger charge is -2.22. The zero-order valence-corrected chi connectivity index (χ0v) is 15.2. The Morgan fingerprint density at radius 2 is 1.96 bits per heavy atom. The Morgan fingerprint density at radius 3 is 2.48 bits per heavy atom. The van der Waals surface area contributed by atoms with Crippen LogP contribution >= 0.6 is 11.6 Å². The maximum absolute atomic E-state index is 11.9. The van der Waals surface area contributed by atoms with Gasteiger partial charge in [0.15, 0.2) is 0 Å². The lowest BCUT2D eigenvalue weighted by Crippen LogP contribution is -2.36. The van der Waals surface area contributed by atoms with Crippen LogP contribution in [0.5, 0.6) is 0 Å². The molecule has 23 heavy (non-hydrogen) atoms. The first kappa shape index (κ1) is 19.7. The standard InChI is InChI=1S/C15H23ClN2O4S/c1-12(11-22-2)17-15(19)5-4-10-18(23(3,20)21)14-8-6-13(16)7-9-14/h6-9,12H,4-5,10-11H2,1-3H3,(H,17,19)/t12-/m1/s1. The zero-order chi connectivity index (χ0) is 17.5. The molecule has 1 aromatic rings. The number of halogens is 1. The molecule has 1 aromatic carbocycles. The topological polar surface area (TPSA) is 75.7 Å². The van der Waals surface area contributed by atoms with Gasteiger partial charge in [0, 0.05) is 31.1 Å². The molecule has 0 saturated carbocycles. The summed E-state index contributed by atoms with van der Waals surface area (Å²) in [6.07, 6.45) is 1.80. The van der Waals surface area contributed by atoms with E-state index >= 15 is 0 Å². The minimum Gasteiger partial charge on any atom is -0.383 e. The summed E-state index contributed by atoms with van der Waals surface area (Å²) in [7, 11) is -1.85. The number of methoxy groups -OCH3 is 1. The van der Waals surface area contributed by atoms with Crippen molar-refractivity contribution >= 4 is 33.2 Å². The van der Waals surface area contributed by atoms with Crippen LogP contribution in [0.3, 0.4) is 0 Å². The van der Waals surface area contributed by atoms with E-state index in [0.717, 1.165) is 6.26 Å². The first-order valence-electron chi connectivity index (χ1n) is 7.25. The normalized spacial score (nSPS) is 12.7. The van der Waals surface area contributed by atoms with E-state index in [-0.39, 0.29) is 24.9 Å². The second-order valence-corrected chi connectivity index (χ2v) is 7.68. The van der Waals surface area contributed by atoms with Crippen LogP contribution in [-0.2, 0) is 19.6 Å². The Morgan fingerprint density at radius 1 is 1.35 bits per heavy atom. The first-order chi connectivity index (χ1) is 10.7. The fourth-order valence-electron chi connectivity index (χ4n) is 2.12. The molecule has 130 valence electrons. The molecule has 0 bridgehead atoms. The third kappa shape index (κ3) is 7.20. The monoisotopic (exact) mass is 362 g/mol. The molecule has 0 radical (unpaired) electrons. The van der Waals surface area contributed by atoms with Gasteiger partial charge in [0.1, 0.15) is 0 Å². The number of rotatable bonds is 9. The molecule has 0 fully saturated rings. The summed E-state index contributed by atoms with van der Waals surface area (Å²) in [5.74, 6) is -0.126. The molecule has 0 spiro atoms. The maximum Gasteiger partial charge on any atom is 0.232 e. The van der Waals surface area contributed by atoms with Crippen LogP contribution in [0.2, 0.25) is 5.02 Å². The van der Waals surface area contributed by atoms with Crippen LogP contribution in [0.25, 0.3) is 0 Å². The number of nitrogens with one attached hydrogen (secondary N) is 1. The van der Waals surface area contributed by atoms with Gasteiger partial charge < -0.3 is 10.1 Å². The minimum absolute atomic E-state index is 0.0743. The van der Waals surface area contributed by atoms with Crippen molar-refractivity contribution < 1.29 is 17.9 Å². The predicted molar refractivity (Wildman–Crippen MR) is 92.4 cm³/mol. The van der Waals surface area contributed by atoms with Gasteiger partial charge in [-0.1, -0.05) is 11.6 Å². The molecule has 8 heteroatoms. The van der Waals surface area contributed by atoms with Gasteiger partial charge >= 0.3 is 0 Å². The second kappa shape index (κ2) is 9.10. The summed E-state index contributed by atoms with van der Waals surface area (Å²) in [6.45, 7) is 2.51. The van der Waals surface area contributed by atoms with E-state index in [1.54, 1.807) is 31.4 Å². The summed E-state index contributed by atoms with van der Waals surface area (Å²) in [5.41, 5.74) is 0.532. The van der Waals surface area contributed by atoms with Crippen molar-refractivity contribution in [1.29, 1.82) is 0 Å². The number of carbonyl (C=O) groups is 1. The van der Waals surface area contributed by atoms with Crippen molar-refractivity contribution in [1.82, 2.24) is 5.32 Å². The van der Waals surface area contributed by atoms with Crippen molar-refractivity contribution in [3.05, 3.63) is 29.3 Å². The van der Waals surface area contributed by atoms with Crippen LogP contribution in [0, 0.1) is 0 Å². The average molecular weight is 363 g/mol. The van der Waals surface area contributed by atoms with E-state index < -0.39 is 10.0 Å². The molecular formula is C15H23ClN2O4S. The minimum atomic E-state index is -3.42. The van der Waals surface area contributed by atoms with Gasteiger partial charge in [0.05, 0.1) is 18.6 Å². The summed E-state index contributed by atoms with van der Waals surface area (Å²) in [4.78, 5) is 11.8. The highest BCUT2D eigenvalue weighted by atomic mass is 35.5. The summed E-state index contributed by atoms with van der Waals surface area (Å²) >= 11 is 5.82. The number of anilines is 1. The lowest BCUT2D eigenvalue weighted by atomic mass is 10.2. The summed E-state index contributed by atoms with van der Waals surface area (Å²) < 4.78 is 30.1. The number of hydrogen-bond donors (Lipinski definition) is 1. The Balaban J connectivity index is 2.60. The Labute approximate surface area is 142 Å². The molecule has 0 aliphatic heterocycles. The van der Waals surface area contributed by atoms with Crippen molar-refractivity contribution in [2.75, 3.05) is 30.8 Å². The second-order valence-electron chi connectivity index (χ2n) is 5.34. The van der Waals surface area contributed by atoms with Crippen molar-refractivity contribution in [3.8, 4) is 0 Å². The third-order valence-corrected chi connectivity index (χ3v) is 4.55. The molecule has 1 amide bonds. The van der Waals surface area contributed by atoms with Gasteiger partial charge in [-0.25, -0.2) is 8.42 Å². The van der Waals surface area contributed by atoms with Gasteiger partial charge in [-0.05, 0) is 37.6 Å². The van der Waals surface area contributed by atoms with E-state index in [2.05, 4.69) is 5.32 Å². The van der Waals surface area contributed by atoms with Crippen LogP contribution in [-0.4, -0.2) is 46.9 Å². The predicted octanol–water partition coefficient (Wildman–Crippen LogP) is 2.04. The van der Waals surface area contributed by atoms with Gasteiger partial charge in [0.25, 0.3) is 0 Å². The summed E-state index contributed by atoms with van der Waals surface area (Å²) in [6, 6.07) is 6.48. The van der Waals surface area contributed by atoms with Gasteiger partial charge in [0.2, 0.25) is 15.9 Å². The highest BCUT2D eigenvalue weighted by molar-refractivity contribution is 7.92. The fourth-order valence-corrected chi connectivity index (χ4v) is 3.21. The molecule has 0 saturated heterocycles. The Kier molecular flexibility index (Phi) is 7.81. The van der Waals surface area contributed by atoms with Crippen LogP contribution in [0.15, 0.2) is 24.3 Å². The van der Waals surface area contributed by atoms with E-state index in [9.17, 15) is 13.2 Å².